The molecule has 2 heterocycles. The van der Waals surface area contributed by atoms with E-state index in [0.717, 1.165) is 29.9 Å². The predicted octanol–water partition coefficient (Wildman–Crippen LogP) is 3.93. The monoisotopic (exact) mass is 372 g/mol. The highest BCUT2D eigenvalue weighted by Gasteiger charge is 2.44. The Morgan fingerprint density at radius 3 is 2.65 bits per heavy atom. The number of anilines is 1. The van der Waals surface area contributed by atoms with Crippen LogP contribution in [0.3, 0.4) is 0 Å². The highest BCUT2D eigenvalue weighted by molar-refractivity contribution is 6.30. The van der Waals surface area contributed by atoms with Gasteiger partial charge in [-0.1, -0.05) is 41.9 Å². The molecule has 6 heteroatoms. The van der Waals surface area contributed by atoms with Gasteiger partial charge in [-0.2, -0.15) is 0 Å². The van der Waals surface area contributed by atoms with E-state index in [1.165, 1.54) is 0 Å². The highest BCUT2D eigenvalue weighted by Crippen LogP contribution is 2.44. The normalized spacial score (nSPS) is 20.2. The molecule has 5 nitrogen and oxygen atoms in total. The Balaban J connectivity index is 1.48. The van der Waals surface area contributed by atoms with E-state index in [-0.39, 0.29) is 0 Å². The number of carbonyl (C=O) groups excluding carboxylic acids is 1. The minimum Gasteiger partial charge on any atom is -0.438 e. The number of rotatable bonds is 3. The van der Waals surface area contributed by atoms with Gasteiger partial charge in [-0.05, 0) is 23.8 Å². The van der Waals surface area contributed by atoms with Crippen LogP contribution < -0.4 is 5.32 Å². The fourth-order valence-electron chi connectivity index (χ4n) is 3.86. The second kappa shape index (κ2) is 6.91. The van der Waals surface area contributed by atoms with Gasteiger partial charge in [0.25, 0.3) is 0 Å². The van der Waals surface area contributed by atoms with Crippen LogP contribution in [0.25, 0.3) is 0 Å². The van der Waals surface area contributed by atoms with Gasteiger partial charge in [-0.15, -0.1) is 0 Å². The molecule has 26 heavy (non-hydrogen) atoms. The van der Waals surface area contributed by atoms with Gasteiger partial charge in [0.2, 0.25) is 0 Å². The lowest BCUT2D eigenvalue weighted by atomic mass is 9.82. The SMILES string of the molecule is O=C1Nc2ccc(Cl)cc2C2(CCN(CC(O)c3ccccc3)CC2)O1. The maximum atomic E-state index is 12.0. The first-order valence-electron chi connectivity index (χ1n) is 8.81. The van der Waals surface area contributed by atoms with E-state index < -0.39 is 17.8 Å². The summed E-state index contributed by atoms with van der Waals surface area (Å²) < 4.78 is 5.74. The zero-order chi connectivity index (χ0) is 18.1. The van der Waals surface area contributed by atoms with E-state index in [9.17, 15) is 9.90 Å². The Kier molecular flexibility index (Phi) is 4.61. The van der Waals surface area contributed by atoms with Gasteiger partial charge in [-0.3, -0.25) is 5.32 Å². The summed E-state index contributed by atoms with van der Waals surface area (Å²) in [7, 11) is 0. The Bertz CT molecular complexity index is 804. The Labute approximate surface area is 157 Å². The minimum atomic E-state index is -0.642. The summed E-state index contributed by atoms with van der Waals surface area (Å²) in [6, 6.07) is 15.1. The molecule has 0 saturated carbocycles. The van der Waals surface area contributed by atoms with E-state index >= 15 is 0 Å². The summed E-state index contributed by atoms with van der Waals surface area (Å²) in [5, 5.41) is 13.8. The molecule has 1 spiro atoms. The molecule has 2 aromatic rings. The molecule has 1 saturated heterocycles. The summed E-state index contributed by atoms with van der Waals surface area (Å²) in [5.74, 6) is 0. The third kappa shape index (κ3) is 3.30. The van der Waals surface area contributed by atoms with Crippen LogP contribution in [0.5, 0.6) is 0 Å². The largest absolute Gasteiger partial charge is 0.438 e. The van der Waals surface area contributed by atoms with Gasteiger partial charge in [-0.25, -0.2) is 4.79 Å². The number of nitrogens with one attached hydrogen (secondary N) is 1. The molecule has 2 N–H and O–H groups in total. The smallest absolute Gasteiger partial charge is 0.412 e. The fraction of sp³-hybridized carbons (Fsp3) is 0.350. The number of halogens is 1. The van der Waals surface area contributed by atoms with Crippen LogP contribution in [0.15, 0.2) is 48.5 Å². The van der Waals surface area contributed by atoms with Crippen LogP contribution in [0.1, 0.15) is 30.1 Å². The van der Waals surface area contributed by atoms with Crippen molar-refractivity contribution in [3.63, 3.8) is 0 Å². The van der Waals surface area contributed by atoms with Gasteiger partial charge in [0.05, 0.1) is 11.8 Å². The van der Waals surface area contributed by atoms with Crippen LogP contribution in [0.2, 0.25) is 5.02 Å². The number of fused-ring (bicyclic) bond motifs is 2. The van der Waals surface area contributed by atoms with Crippen molar-refractivity contribution in [3.8, 4) is 0 Å². The molecule has 0 radical (unpaired) electrons. The summed E-state index contributed by atoms with van der Waals surface area (Å²) >= 11 is 6.17. The molecular formula is C20H21ClN2O3. The first-order valence-corrected chi connectivity index (χ1v) is 9.19. The van der Waals surface area contributed by atoms with E-state index in [1.807, 2.05) is 42.5 Å². The summed E-state index contributed by atoms with van der Waals surface area (Å²) in [6.45, 7) is 2.04. The fourth-order valence-corrected chi connectivity index (χ4v) is 4.04. The first kappa shape index (κ1) is 17.3. The number of β-amino-alcohol motifs (C(OH)–C–C–N with tert-alkyl or cyclic N) is 1. The quantitative estimate of drug-likeness (QED) is 0.857. The third-order valence-electron chi connectivity index (χ3n) is 5.28. The van der Waals surface area contributed by atoms with Crippen molar-refractivity contribution in [1.29, 1.82) is 0 Å². The summed E-state index contributed by atoms with van der Waals surface area (Å²) in [4.78, 5) is 14.2. The Hall–Kier alpha value is -2.08. The van der Waals surface area contributed by atoms with Crippen LogP contribution >= 0.6 is 11.6 Å². The number of aliphatic hydroxyl groups excluding tert-OH is 1. The summed E-state index contributed by atoms with van der Waals surface area (Å²) in [5.41, 5.74) is 1.98. The highest BCUT2D eigenvalue weighted by atomic mass is 35.5. The number of ether oxygens (including phenoxy) is 1. The number of benzene rings is 2. The van der Waals surface area contributed by atoms with Gasteiger partial charge < -0.3 is 14.7 Å². The van der Waals surface area contributed by atoms with Crippen molar-refractivity contribution in [3.05, 3.63) is 64.7 Å². The zero-order valence-electron chi connectivity index (χ0n) is 14.3. The topological polar surface area (TPSA) is 61.8 Å². The molecule has 0 aliphatic carbocycles. The third-order valence-corrected chi connectivity index (χ3v) is 5.51. The number of carbonyl (C=O) groups is 1. The lowest BCUT2D eigenvalue weighted by Crippen LogP contribution is -2.49. The lowest BCUT2D eigenvalue weighted by molar-refractivity contribution is -0.0444. The first-order chi connectivity index (χ1) is 12.6. The van der Waals surface area contributed by atoms with Crippen LogP contribution in [0.4, 0.5) is 10.5 Å². The molecule has 4 rings (SSSR count). The maximum Gasteiger partial charge on any atom is 0.412 e. The van der Waals surface area contributed by atoms with Gasteiger partial charge in [0.15, 0.2) is 0 Å². The number of hydrogen-bond donors (Lipinski definition) is 2. The molecule has 2 aliphatic heterocycles. The zero-order valence-corrected chi connectivity index (χ0v) is 15.1. The standard InChI is InChI=1S/C20H21ClN2O3/c21-15-6-7-17-16(12-15)20(26-19(25)22-17)8-10-23(11-9-20)13-18(24)14-4-2-1-3-5-14/h1-7,12,18,24H,8-11,13H2,(H,22,25). The summed E-state index contributed by atoms with van der Waals surface area (Å²) in [6.07, 6.45) is 0.407. The van der Waals surface area contributed by atoms with Gasteiger partial charge in [0, 0.05) is 43.1 Å². The van der Waals surface area contributed by atoms with Crippen LogP contribution in [-0.2, 0) is 10.3 Å². The Morgan fingerprint density at radius 2 is 1.92 bits per heavy atom. The van der Waals surface area contributed by atoms with E-state index in [0.29, 0.717) is 24.4 Å². The molecule has 1 fully saturated rings. The second-order valence-electron chi connectivity index (χ2n) is 6.93. The number of amides is 1. The number of piperidine rings is 1. The van der Waals surface area contributed by atoms with Crippen molar-refractivity contribution in [2.24, 2.45) is 0 Å². The van der Waals surface area contributed by atoms with Crippen molar-refractivity contribution in [2.45, 2.75) is 24.5 Å². The average molecular weight is 373 g/mol. The predicted molar refractivity (Wildman–Crippen MR) is 100 cm³/mol. The molecule has 1 atom stereocenters. The van der Waals surface area contributed by atoms with Crippen LogP contribution in [0, 0.1) is 0 Å². The maximum absolute atomic E-state index is 12.0. The average Bonchev–Trinajstić information content (AvgIpc) is 2.65. The minimum absolute atomic E-state index is 0.419. The van der Waals surface area contributed by atoms with E-state index in [2.05, 4.69) is 10.2 Å². The van der Waals surface area contributed by atoms with E-state index in [1.54, 1.807) is 6.07 Å². The Morgan fingerprint density at radius 1 is 1.19 bits per heavy atom. The molecule has 136 valence electrons. The number of hydrogen-bond acceptors (Lipinski definition) is 4. The molecule has 1 unspecified atom stereocenters. The molecular weight excluding hydrogens is 352 g/mol. The molecule has 0 aromatic heterocycles. The lowest BCUT2D eigenvalue weighted by Gasteiger charge is -2.44. The number of nitrogens with zero attached hydrogens (tertiary/aromatic N) is 1. The van der Waals surface area contributed by atoms with Crippen molar-refractivity contribution < 1.29 is 14.6 Å². The molecule has 2 aromatic carbocycles. The second-order valence-corrected chi connectivity index (χ2v) is 7.36. The van der Waals surface area contributed by atoms with E-state index in [4.69, 9.17) is 16.3 Å². The van der Waals surface area contributed by atoms with Crippen LogP contribution in [-0.4, -0.2) is 35.7 Å². The molecule has 1 amide bonds. The number of aliphatic hydroxyl groups is 1. The molecule has 2 aliphatic rings. The number of likely N-dealkylation sites (tertiary alicyclic amines) is 1. The van der Waals surface area contributed by atoms with Crippen molar-refractivity contribution >= 4 is 23.4 Å². The van der Waals surface area contributed by atoms with Crippen molar-refractivity contribution in [1.82, 2.24) is 4.90 Å². The van der Waals surface area contributed by atoms with Crippen molar-refractivity contribution in [2.75, 3.05) is 25.0 Å². The molecule has 0 bridgehead atoms. The van der Waals surface area contributed by atoms with Gasteiger partial charge in [0.1, 0.15) is 5.60 Å². The van der Waals surface area contributed by atoms with Gasteiger partial charge >= 0.3 is 6.09 Å².